The van der Waals surface area contributed by atoms with Crippen LogP contribution in [0.5, 0.6) is 5.75 Å². The van der Waals surface area contributed by atoms with Crippen LogP contribution in [0.15, 0.2) is 113 Å². The molecule has 0 saturated heterocycles. The number of rotatable bonds is 9. The molecule has 0 aliphatic rings. The predicted octanol–water partition coefficient (Wildman–Crippen LogP) is 4.77. The molecule has 4 rings (SSSR count). The summed E-state index contributed by atoms with van der Waals surface area (Å²) in [5, 5.41) is 2.70. The second-order valence-corrected chi connectivity index (χ2v) is 11.8. The van der Waals surface area contributed by atoms with Crippen LogP contribution in [0.25, 0.3) is 0 Å². The minimum Gasteiger partial charge on any atom is -0.336 e. The number of benzene rings is 4. The molecule has 0 radical (unpaired) electrons. The summed E-state index contributed by atoms with van der Waals surface area (Å²) in [5.41, 5.74) is 0.548. The monoisotopic (exact) mass is 552 g/mol. The Hall–Kier alpha value is -4.19. The fourth-order valence-electron chi connectivity index (χ4n) is 3.68. The normalized spacial score (nSPS) is 11.5. The Labute approximate surface area is 221 Å². The van der Waals surface area contributed by atoms with Gasteiger partial charge in [-0.3, -0.25) is 4.79 Å². The number of carbonyl (C=O) groups is 1. The van der Waals surface area contributed by atoms with Crippen LogP contribution >= 0.6 is 0 Å². The van der Waals surface area contributed by atoms with Crippen molar-refractivity contribution in [2.45, 2.75) is 16.7 Å². The van der Waals surface area contributed by atoms with Gasteiger partial charge in [-0.05, 0) is 55.0 Å². The largest absolute Gasteiger partial charge is 0.336 e. The maximum absolute atomic E-state index is 13.8. The van der Waals surface area contributed by atoms with Crippen LogP contribution in [-0.2, 0) is 24.9 Å². The summed E-state index contributed by atoms with van der Waals surface area (Å²) < 4.78 is 55.7. The first-order valence-electron chi connectivity index (χ1n) is 11.3. The van der Waals surface area contributed by atoms with Crippen molar-refractivity contribution < 1.29 is 31.4 Å². The molecule has 9 nitrogen and oxygen atoms in total. The van der Waals surface area contributed by atoms with E-state index in [-0.39, 0.29) is 32.5 Å². The molecule has 11 heteroatoms. The van der Waals surface area contributed by atoms with Crippen molar-refractivity contribution in [1.29, 1.82) is 0 Å². The molecule has 0 aromatic heterocycles. The molecule has 0 aliphatic heterocycles. The van der Waals surface area contributed by atoms with E-state index in [1.54, 1.807) is 42.5 Å². The minimum atomic E-state index is -4.63. The Morgan fingerprint density at radius 1 is 0.737 bits per heavy atom. The van der Waals surface area contributed by atoms with E-state index in [4.69, 9.17) is 9.78 Å². The third-order valence-corrected chi connectivity index (χ3v) is 9.65. The number of nitrogens with zero attached hydrogens (tertiary/aromatic N) is 1. The van der Waals surface area contributed by atoms with Crippen molar-refractivity contribution >= 4 is 37.3 Å². The summed E-state index contributed by atoms with van der Waals surface area (Å²) in [6, 6.07) is 25.5. The second-order valence-electron chi connectivity index (χ2n) is 8.04. The molecule has 0 bridgehead atoms. The molecule has 0 heterocycles. The molecule has 0 saturated carbocycles. The Kier molecular flexibility index (Phi) is 7.81. The van der Waals surface area contributed by atoms with Gasteiger partial charge in [0.1, 0.15) is 0 Å². The van der Waals surface area contributed by atoms with Crippen LogP contribution in [0.3, 0.4) is 0 Å². The number of carbonyl (C=O) groups excluding carboxylic acids is 1. The van der Waals surface area contributed by atoms with Gasteiger partial charge in [0.2, 0.25) is 0 Å². The lowest BCUT2D eigenvalue weighted by atomic mass is 10.1. The summed E-state index contributed by atoms with van der Waals surface area (Å²) in [4.78, 5) is 22.4. The first-order chi connectivity index (χ1) is 18.2. The zero-order valence-corrected chi connectivity index (χ0v) is 22.1. The van der Waals surface area contributed by atoms with Gasteiger partial charge in [0, 0.05) is 11.6 Å². The topological polar surface area (TPSA) is 119 Å². The first-order valence-corrected chi connectivity index (χ1v) is 14.2. The van der Waals surface area contributed by atoms with Gasteiger partial charge in [0.15, 0.2) is 5.75 Å². The second kappa shape index (κ2) is 11.1. The number of sulfonamides is 2. The summed E-state index contributed by atoms with van der Waals surface area (Å²) in [7, 11) is -8.04. The zero-order chi connectivity index (χ0) is 27.3. The van der Waals surface area contributed by atoms with Gasteiger partial charge >= 0.3 is 0 Å². The Morgan fingerprint density at radius 3 is 1.68 bits per heavy atom. The van der Waals surface area contributed by atoms with Crippen LogP contribution in [0.1, 0.15) is 15.9 Å². The van der Waals surface area contributed by atoms with E-state index in [0.29, 0.717) is 9.27 Å². The molecule has 0 fully saturated rings. The molecule has 4 aromatic rings. The number of anilines is 2. The highest BCUT2D eigenvalue weighted by Crippen LogP contribution is 2.39. The van der Waals surface area contributed by atoms with Crippen LogP contribution in [0, 0.1) is 6.92 Å². The van der Waals surface area contributed by atoms with Gasteiger partial charge in [-0.15, -0.1) is 0 Å². The SMILES string of the molecule is COOc1cc(N(S(=O)(=O)c2ccccc2)S(=O)(=O)c2ccccc2)c(C)cc1NC(=O)c1ccccc1. The molecule has 0 unspecified atom stereocenters. The van der Waals surface area contributed by atoms with Gasteiger partial charge < -0.3 is 10.2 Å². The molecule has 4 aromatic carbocycles. The van der Waals surface area contributed by atoms with Crippen molar-refractivity contribution in [2.75, 3.05) is 16.1 Å². The average Bonchev–Trinajstić information content (AvgIpc) is 2.92. The van der Waals surface area contributed by atoms with E-state index >= 15 is 0 Å². The number of hydrogen-bond acceptors (Lipinski definition) is 7. The van der Waals surface area contributed by atoms with Crippen molar-refractivity contribution in [3.05, 3.63) is 114 Å². The maximum Gasteiger partial charge on any atom is 0.277 e. The molecule has 0 spiro atoms. The van der Waals surface area contributed by atoms with Gasteiger partial charge in [0.05, 0.1) is 28.3 Å². The van der Waals surface area contributed by atoms with Gasteiger partial charge in [-0.25, -0.2) is 16.8 Å². The van der Waals surface area contributed by atoms with Gasteiger partial charge in [-0.2, -0.15) is 8.60 Å². The molecular weight excluding hydrogens is 528 g/mol. The molecule has 38 heavy (non-hydrogen) atoms. The van der Waals surface area contributed by atoms with Crippen molar-refractivity contribution in [2.24, 2.45) is 0 Å². The van der Waals surface area contributed by atoms with Crippen molar-refractivity contribution in [3.8, 4) is 5.75 Å². The molecule has 1 amide bonds. The summed E-state index contributed by atoms with van der Waals surface area (Å²) in [5.74, 6) is -0.557. The first kappa shape index (κ1) is 26.9. The van der Waals surface area contributed by atoms with Gasteiger partial charge in [-0.1, -0.05) is 54.6 Å². The summed E-state index contributed by atoms with van der Waals surface area (Å²) in [6.07, 6.45) is 0. The lowest BCUT2D eigenvalue weighted by Crippen LogP contribution is -2.37. The van der Waals surface area contributed by atoms with Crippen molar-refractivity contribution in [3.63, 3.8) is 0 Å². The van der Waals surface area contributed by atoms with E-state index in [1.807, 2.05) is 0 Å². The molecule has 0 aliphatic carbocycles. The Morgan fingerprint density at radius 2 is 1.21 bits per heavy atom. The third kappa shape index (κ3) is 5.40. The smallest absolute Gasteiger partial charge is 0.277 e. The number of aryl methyl sites for hydroxylation is 1. The highest BCUT2D eigenvalue weighted by atomic mass is 32.3. The van der Waals surface area contributed by atoms with Crippen LogP contribution in [0.2, 0.25) is 0 Å². The van der Waals surface area contributed by atoms with Gasteiger partial charge in [0.25, 0.3) is 26.0 Å². The highest BCUT2D eigenvalue weighted by Gasteiger charge is 2.38. The Balaban J connectivity index is 1.90. The number of nitrogens with one attached hydrogen (secondary N) is 1. The fourth-order valence-corrected chi connectivity index (χ4v) is 7.53. The summed E-state index contributed by atoms with van der Waals surface area (Å²) >= 11 is 0. The fraction of sp³-hybridized carbons (Fsp3) is 0.0741. The standard InChI is InChI=1S/C27H24N2O7S2/c1-20-18-24(28-27(30)21-12-6-3-7-13-21)26(36-35-2)19-25(20)29(37(31,32)22-14-8-4-9-15-22)38(33,34)23-16-10-5-11-17-23/h3-19H,1-2H3,(H,28,30). The molecule has 196 valence electrons. The number of hydrogen-bond donors (Lipinski definition) is 1. The average molecular weight is 553 g/mol. The van der Waals surface area contributed by atoms with E-state index in [0.717, 1.165) is 0 Å². The van der Waals surface area contributed by atoms with Crippen LogP contribution in [0.4, 0.5) is 11.4 Å². The molecule has 1 N–H and O–H groups in total. The van der Waals surface area contributed by atoms with E-state index in [2.05, 4.69) is 5.32 Å². The van der Waals surface area contributed by atoms with Crippen LogP contribution < -0.4 is 13.9 Å². The molecular formula is C27H24N2O7S2. The summed E-state index contributed by atoms with van der Waals surface area (Å²) in [6.45, 7) is 1.53. The quantitative estimate of drug-likeness (QED) is 0.235. The van der Waals surface area contributed by atoms with Crippen LogP contribution in [-0.4, -0.2) is 29.9 Å². The van der Waals surface area contributed by atoms with E-state index < -0.39 is 26.0 Å². The molecule has 0 atom stereocenters. The van der Waals surface area contributed by atoms with E-state index in [9.17, 15) is 21.6 Å². The Bertz CT molecular complexity index is 1570. The van der Waals surface area contributed by atoms with E-state index in [1.165, 1.54) is 74.7 Å². The predicted molar refractivity (Wildman–Crippen MR) is 143 cm³/mol. The van der Waals surface area contributed by atoms with Crippen molar-refractivity contribution in [1.82, 2.24) is 0 Å². The lowest BCUT2D eigenvalue weighted by Gasteiger charge is -2.26. The third-order valence-electron chi connectivity index (χ3n) is 5.47. The number of amides is 1. The maximum atomic E-state index is 13.8. The highest BCUT2D eigenvalue weighted by molar-refractivity contribution is 8.10. The minimum absolute atomic E-state index is 0.103. The lowest BCUT2D eigenvalue weighted by molar-refractivity contribution is -0.177. The zero-order valence-electron chi connectivity index (χ0n) is 20.4.